The van der Waals surface area contributed by atoms with Gasteiger partial charge in [0.15, 0.2) is 9.84 Å². The fourth-order valence-corrected chi connectivity index (χ4v) is 4.21. The second kappa shape index (κ2) is 4.06. The molecule has 0 aliphatic carbocycles. The van der Waals surface area contributed by atoms with Gasteiger partial charge >= 0.3 is 5.37 Å². The van der Waals surface area contributed by atoms with Crippen LogP contribution in [0.4, 0.5) is 4.79 Å². The van der Waals surface area contributed by atoms with Gasteiger partial charge in [0.05, 0.1) is 0 Å². The van der Waals surface area contributed by atoms with Crippen molar-refractivity contribution in [3.8, 4) is 0 Å². The number of carbonyl (C=O) groups is 1. The summed E-state index contributed by atoms with van der Waals surface area (Å²) in [6.07, 6.45) is 1.12. The van der Waals surface area contributed by atoms with Gasteiger partial charge in [0.2, 0.25) is 0 Å². The summed E-state index contributed by atoms with van der Waals surface area (Å²) in [4.78, 5) is 12.1. The van der Waals surface area contributed by atoms with Gasteiger partial charge in [0.25, 0.3) is 0 Å². The molecule has 0 aromatic rings. The molecule has 1 aliphatic rings. The van der Waals surface area contributed by atoms with E-state index in [1.165, 1.54) is 16.7 Å². The van der Waals surface area contributed by atoms with Gasteiger partial charge in [-0.15, -0.1) is 0 Å². The monoisotopic (exact) mass is 243 g/mol. The van der Waals surface area contributed by atoms with Crippen LogP contribution in [-0.2, 0) is 9.84 Å². The van der Waals surface area contributed by atoms with Crippen LogP contribution < -0.4 is 0 Å². The predicted octanol–water partition coefficient (Wildman–Crippen LogP) is 0.765. The van der Waals surface area contributed by atoms with Gasteiger partial charge in [-0.3, -0.25) is 4.79 Å². The third-order valence-electron chi connectivity index (χ3n) is 1.80. The lowest BCUT2D eigenvalue weighted by Crippen LogP contribution is -2.47. The summed E-state index contributed by atoms with van der Waals surface area (Å²) in [6, 6.07) is 0. The number of sulfone groups is 1. The summed E-state index contributed by atoms with van der Waals surface area (Å²) >= 11 is 6.79. The van der Waals surface area contributed by atoms with E-state index < -0.39 is 20.6 Å². The predicted molar refractivity (Wildman–Crippen MR) is 53.9 cm³/mol. The molecule has 1 aliphatic heterocycles. The first-order valence-corrected chi connectivity index (χ1v) is 7.14. The van der Waals surface area contributed by atoms with E-state index in [2.05, 4.69) is 0 Å². The first-order valence-electron chi connectivity index (χ1n) is 3.65. The summed E-state index contributed by atoms with van der Waals surface area (Å²) in [5.74, 6) is 1.15. The number of rotatable bonds is 1. The van der Waals surface area contributed by atoms with E-state index in [0.29, 0.717) is 12.3 Å². The maximum Gasteiger partial charge on any atom is 0.317 e. The highest BCUT2D eigenvalue weighted by molar-refractivity contribution is 8.00. The Labute approximate surface area is 86.5 Å². The molecule has 1 amide bonds. The van der Waals surface area contributed by atoms with Gasteiger partial charge in [0, 0.05) is 24.3 Å². The Balaban J connectivity index is 2.86. The molecule has 0 aromatic carbocycles. The van der Waals surface area contributed by atoms with E-state index in [0.717, 1.165) is 12.0 Å². The lowest BCUT2D eigenvalue weighted by Gasteiger charge is -2.31. The summed E-state index contributed by atoms with van der Waals surface area (Å²) in [7, 11) is -3.22. The molecule has 7 heteroatoms. The quantitative estimate of drug-likeness (QED) is 0.504. The van der Waals surface area contributed by atoms with Gasteiger partial charge in [0.1, 0.15) is 5.37 Å². The van der Waals surface area contributed by atoms with E-state index in [1.54, 1.807) is 0 Å². The van der Waals surface area contributed by atoms with E-state index >= 15 is 0 Å². The normalized spacial score (nSPS) is 24.5. The molecule has 1 saturated heterocycles. The average molecular weight is 244 g/mol. The van der Waals surface area contributed by atoms with Gasteiger partial charge in [-0.25, -0.2) is 8.42 Å². The highest BCUT2D eigenvalue weighted by Crippen LogP contribution is 2.21. The second-order valence-electron chi connectivity index (χ2n) is 2.81. The highest BCUT2D eigenvalue weighted by atomic mass is 35.5. The Kier molecular flexibility index (Phi) is 3.48. The van der Waals surface area contributed by atoms with Crippen LogP contribution in [0.5, 0.6) is 0 Å². The molecule has 0 bridgehead atoms. The zero-order valence-electron chi connectivity index (χ0n) is 7.07. The van der Waals surface area contributed by atoms with Crippen LogP contribution in [0.1, 0.15) is 0 Å². The molecular weight excluding hydrogens is 234 g/mol. The summed E-state index contributed by atoms with van der Waals surface area (Å²) in [5.41, 5.74) is 0. The zero-order chi connectivity index (χ0) is 10.1. The molecule has 13 heavy (non-hydrogen) atoms. The van der Waals surface area contributed by atoms with Crippen molar-refractivity contribution in [2.24, 2.45) is 0 Å². The highest BCUT2D eigenvalue weighted by Gasteiger charge is 2.33. The zero-order valence-corrected chi connectivity index (χ0v) is 9.45. The third-order valence-corrected chi connectivity index (χ3v) is 4.67. The molecule has 4 nitrogen and oxygen atoms in total. The number of amides is 1. The lowest BCUT2D eigenvalue weighted by molar-refractivity contribution is 0.220. The van der Waals surface area contributed by atoms with Crippen LogP contribution in [0.2, 0.25) is 0 Å². The van der Waals surface area contributed by atoms with Crippen molar-refractivity contribution in [3.05, 3.63) is 0 Å². The topological polar surface area (TPSA) is 54.5 Å². The minimum atomic E-state index is -3.22. The molecule has 0 aromatic heterocycles. The fourth-order valence-electron chi connectivity index (χ4n) is 1.14. The summed E-state index contributed by atoms with van der Waals surface area (Å²) < 4.78 is 22.5. The molecule has 1 rings (SSSR count). The van der Waals surface area contributed by atoms with Crippen LogP contribution in [-0.4, -0.2) is 48.4 Å². The van der Waals surface area contributed by atoms with E-state index in [9.17, 15) is 13.2 Å². The second-order valence-corrected chi connectivity index (χ2v) is 6.48. The first kappa shape index (κ1) is 11.1. The Morgan fingerprint density at radius 1 is 1.62 bits per heavy atom. The van der Waals surface area contributed by atoms with Crippen LogP contribution in [0.3, 0.4) is 0 Å². The first-order chi connectivity index (χ1) is 5.93. The van der Waals surface area contributed by atoms with Crippen LogP contribution in [0.25, 0.3) is 0 Å². The van der Waals surface area contributed by atoms with Gasteiger partial charge in [-0.05, 0) is 11.6 Å². The fraction of sp³-hybridized carbons (Fsp3) is 0.833. The number of hydrogen-bond donors (Lipinski definition) is 0. The molecule has 1 atom stereocenters. The molecule has 0 radical (unpaired) electrons. The molecular formula is C6H10ClNO3S2. The van der Waals surface area contributed by atoms with Crippen LogP contribution in [0.15, 0.2) is 0 Å². The molecule has 1 heterocycles. The number of hydrogen-bond acceptors (Lipinski definition) is 4. The van der Waals surface area contributed by atoms with Crippen molar-refractivity contribution in [2.75, 3.05) is 24.3 Å². The Hall–Kier alpha value is 0.0600. The number of nitrogens with zero attached hydrogens (tertiary/aromatic N) is 1. The Morgan fingerprint density at radius 2 is 2.23 bits per heavy atom. The van der Waals surface area contributed by atoms with Crippen molar-refractivity contribution in [1.82, 2.24) is 4.90 Å². The molecule has 0 spiro atoms. The van der Waals surface area contributed by atoms with Crippen LogP contribution in [0, 0.1) is 0 Å². The molecule has 0 saturated carbocycles. The Morgan fingerprint density at radius 3 is 2.62 bits per heavy atom. The van der Waals surface area contributed by atoms with E-state index in [1.807, 2.05) is 0 Å². The summed E-state index contributed by atoms with van der Waals surface area (Å²) in [5, 5.41) is -1.44. The standard InChI is InChI=1S/C6H10ClNO3S2/c1-13(10,11)5-4-12-3-2-8(5)6(7)9/h5H,2-4H2,1H3. The van der Waals surface area contributed by atoms with Gasteiger partial charge in [-0.2, -0.15) is 11.8 Å². The third kappa shape index (κ3) is 2.75. The van der Waals surface area contributed by atoms with Crippen molar-refractivity contribution < 1.29 is 13.2 Å². The van der Waals surface area contributed by atoms with E-state index in [4.69, 9.17) is 11.6 Å². The summed E-state index contributed by atoms with van der Waals surface area (Å²) in [6.45, 7) is 0.407. The largest absolute Gasteiger partial charge is 0.317 e. The minimum Gasteiger partial charge on any atom is -0.310 e. The van der Waals surface area contributed by atoms with Gasteiger partial charge in [-0.1, -0.05) is 0 Å². The van der Waals surface area contributed by atoms with Crippen molar-refractivity contribution in [3.63, 3.8) is 0 Å². The number of carbonyl (C=O) groups excluding carboxylic acids is 1. The molecule has 1 unspecified atom stereocenters. The van der Waals surface area contributed by atoms with Crippen molar-refractivity contribution in [2.45, 2.75) is 5.37 Å². The van der Waals surface area contributed by atoms with Gasteiger partial charge < -0.3 is 4.90 Å². The number of thioether (sulfide) groups is 1. The van der Waals surface area contributed by atoms with E-state index in [-0.39, 0.29) is 0 Å². The SMILES string of the molecule is CS(=O)(=O)C1CSCCN1C(=O)Cl. The lowest BCUT2D eigenvalue weighted by atomic mass is 10.5. The minimum absolute atomic E-state index is 0.407. The smallest absolute Gasteiger partial charge is 0.310 e. The Bertz CT molecular complexity index is 303. The van der Waals surface area contributed by atoms with Crippen molar-refractivity contribution >= 4 is 38.6 Å². The van der Waals surface area contributed by atoms with Crippen LogP contribution >= 0.6 is 23.4 Å². The maximum atomic E-state index is 11.2. The molecule has 0 N–H and O–H groups in total. The number of halogens is 1. The molecule has 76 valence electrons. The average Bonchev–Trinajstić information content (AvgIpc) is 2.03. The molecule has 1 fully saturated rings. The maximum absolute atomic E-state index is 11.2. The van der Waals surface area contributed by atoms with Crippen molar-refractivity contribution in [1.29, 1.82) is 0 Å².